The minimum Gasteiger partial charge on any atom is -0.312 e. The maximum absolute atomic E-state index is 13.2. The Morgan fingerprint density at radius 1 is 1.04 bits per heavy atom. The van der Waals surface area contributed by atoms with E-state index in [9.17, 15) is 10.1 Å². The van der Waals surface area contributed by atoms with Crippen LogP contribution in [0.25, 0.3) is 16.6 Å². The summed E-state index contributed by atoms with van der Waals surface area (Å²) in [6, 6.07) is 23.1. The highest BCUT2D eigenvalue weighted by atomic mass is 79.9. The first kappa shape index (κ1) is 17.3. The van der Waals surface area contributed by atoms with Crippen LogP contribution in [0.4, 0.5) is 0 Å². The Morgan fingerprint density at radius 3 is 2.41 bits per heavy atom. The normalized spacial score (nSPS) is 10.7. The monoisotopic (exact) mass is 414 g/mol. The van der Waals surface area contributed by atoms with Gasteiger partial charge in [0.1, 0.15) is 5.69 Å². The molecule has 0 spiro atoms. The molecule has 27 heavy (non-hydrogen) atoms. The number of nitrogens with zero attached hydrogens (tertiary/aromatic N) is 2. The number of halogens is 1. The Morgan fingerprint density at radius 2 is 1.74 bits per heavy atom. The molecule has 4 aromatic rings. The number of rotatable bonds is 3. The van der Waals surface area contributed by atoms with Gasteiger partial charge in [-0.15, -0.1) is 0 Å². The standard InChI is InChI=1S/C23H15BrN2O/c1-15-7-9-17(10-8-15)20-19-13-16(14-25)11-12-26(19)22(21(20)24)23(27)18-5-3-2-4-6-18/h2-13H,1H3. The zero-order valence-electron chi connectivity index (χ0n) is 14.6. The fourth-order valence-electron chi connectivity index (χ4n) is 3.22. The number of ketones is 1. The van der Waals surface area contributed by atoms with Crippen molar-refractivity contribution in [1.29, 1.82) is 5.26 Å². The zero-order valence-corrected chi connectivity index (χ0v) is 16.2. The molecule has 0 radical (unpaired) electrons. The average Bonchev–Trinajstić information content (AvgIpc) is 2.99. The highest BCUT2D eigenvalue weighted by Gasteiger charge is 2.23. The lowest BCUT2D eigenvalue weighted by atomic mass is 10.0. The molecule has 3 nitrogen and oxygen atoms in total. The molecule has 0 saturated heterocycles. The molecule has 2 aromatic heterocycles. The molecule has 0 aliphatic carbocycles. The first-order valence-electron chi connectivity index (χ1n) is 8.50. The van der Waals surface area contributed by atoms with E-state index in [0.717, 1.165) is 26.7 Å². The quantitative estimate of drug-likeness (QED) is 0.398. The van der Waals surface area contributed by atoms with Gasteiger partial charge < -0.3 is 4.40 Å². The summed E-state index contributed by atoms with van der Waals surface area (Å²) in [7, 11) is 0. The van der Waals surface area contributed by atoms with Crippen molar-refractivity contribution in [2.24, 2.45) is 0 Å². The number of fused-ring (bicyclic) bond motifs is 1. The molecule has 2 aromatic carbocycles. The van der Waals surface area contributed by atoms with Gasteiger partial charge in [0.2, 0.25) is 5.78 Å². The SMILES string of the molecule is Cc1ccc(-c2c(Br)c(C(=O)c3ccccc3)n3ccc(C#N)cc23)cc1. The third kappa shape index (κ3) is 2.97. The molecule has 0 amide bonds. The van der Waals surface area contributed by atoms with Crippen LogP contribution in [-0.4, -0.2) is 10.2 Å². The molecule has 0 aliphatic rings. The summed E-state index contributed by atoms with van der Waals surface area (Å²) in [5.41, 5.74) is 5.62. The van der Waals surface area contributed by atoms with E-state index >= 15 is 0 Å². The van der Waals surface area contributed by atoms with Crippen LogP contribution in [0.1, 0.15) is 27.2 Å². The van der Waals surface area contributed by atoms with E-state index in [-0.39, 0.29) is 5.78 Å². The molecule has 0 atom stereocenters. The fourth-order valence-corrected chi connectivity index (χ4v) is 4.03. The first-order valence-corrected chi connectivity index (χ1v) is 9.30. The van der Waals surface area contributed by atoms with Crippen molar-refractivity contribution < 1.29 is 4.79 Å². The van der Waals surface area contributed by atoms with Crippen molar-refractivity contribution >= 4 is 27.2 Å². The molecule has 0 aliphatic heterocycles. The molecular formula is C23H15BrN2O. The fraction of sp³-hybridized carbons (Fsp3) is 0.0435. The predicted octanol–water partition coefficient (Wildman–Crippen LogP) is 5.78. The number of carbonyl (C=O) groups is 1. The Kier molecular flexibility index (Phi) is 4.39. The predicted molar refractivity (Wildman–Crippen MR) is 110 cm³/mol. The van der Waals surface area contributed by atoms with Crippen molar-refractivity contribution in [3.8, 4) is 17.2 Å². The van der Waals surface area contributed by atoms with E-state index in [1.54, 1.807) is 12.3 Å². The average molecular weight is 415 g/mol. The molecule has 0 saturated carbocycles. The van der Waals surface area contributed by atoms with Crippen molar-refractivity contribution in [1.82, 2.24) is 4.40 Å². The summed E-state index contributed by atoms with van der Waals surface area (Å²) in [5, 5.41) is 9.32. The number of hydrogen-bond donors (Lipinski definition) is 0. The van der Waals surface area contributed by atoms with Crippen LogP contribution in [0.5, 0.6) is 0 Å². The summed E-state index contributed by atoms with van der Waals surface area (Å²) in [5.74, 6) is -0.0689. The van der Waals surface area contributed by atoms with Gasteiger partial charge in [-0.1, -0.05) is 60.2 Å². The van der Waals surface area contributed by atoms with E-state index in [1.807, 2.05) is 72.0 Å². The summed E-state index contributed by atoms with van der Waals surface area (Å²) in [6.45, 7) is 2.04. The Labute approximate surface area is 165 Å². The van der Waals surface area contributed by atoms with E-state index in [0.29, 0.717) is 16.8 Å². The highest BCUT2D eigenvalue weighted by Crippen LogP contribution is 2.38. The Bertz CT molecular complexity index is 1200. The molecule has 0 unspecified atom stereocenters. The molecule has 4 heteroatoms. The van der Waals surface area contributed by atoms with Crippen LogP contribution < -0.4 is 0 Å². The third-order valence-corrected chi connectivity index (χ3v) is 5.37. The number of aryl methyl sites for hydroxylation is 1. The van der Waals surface area contributed by atoms with Gasteiger partial charge >= 0.3 is 0 Å². The smallest absolute Gasteiger partial charge is 0.210 e. The summed E-state index contributed by atoms with van der Waals surface area (Å²) in [4.78, 5) is 13.2. The van der Waals surface area contributed by atoms with Crippen LogP contribution in [0.3, 0.4) is 0 Å². The van der Waals surface area contributed by atoms with E-state index in [2.05, 4.69) is 22.0 Å². The van der Waals surface area contributed by atoms with E-state index in [4.69, 9.17) is 0 Å². The molecular weight excluding hydrogens is 400 g/mol. The lowest BCUT2D eigenvalue weighted by Gasteiger charge is -2.03. The topological polar surface area (TPSA) is 45.3 Å². The number of benzene rings is 2. The second kappa shape index (κ2) is 6.86. The van der Waals surface area contributed by atoms with Crippen molar-refractivity contribution in [3.63, 3.8) is 0 Å². The Balaban J connectivity index is 2.03. The van der Waals surface area contributed by atoms with Gasteiger partial charge in [-0.25, -0.2) is 0 Å². The Hall–Kier alpha value is -3.16. The molecule has 0 bridgehead atoms. The van der Waals surface area contributed by atoms with Gasteiger partial charge in [0.25, 0.3) is 0 Å². The lowest BCUT2D eigenvalue weighted by molar-refractivity contribution is 0.103. The van der Waals surface area contributed by atoms with Gasteiger partial charge in [0.15, 0.2) is 0 Å². The highest BCUT2D eigenvalue weighted by molar-refractivity contribution is 9.10. The minimum atomic E-state index is -0.0689. The molecule has 0 fully saturated rings. The van der Waals surface area contributed by atoms with Gasteiger partial charge in [0.05, 0.1) is 21.6 Å². The second-order valence-corrected chi connectivity index (χ2v) is 7.17. The zero-order chi connectivity index (χ0) is 19.0. The first-order chi connectivity index (χ1) is 13.1. The number of aromatic nitrogens is 1. The van der Waals surface area contributed by atoms with Crippen LogP contribution in [0.15, 0.2) is 77.4 Å². The van der Waals surface area contributed by atoms with Crippen molar-refractivity contribution in [2.75, 3.05) is 0 Å². The minimum absolute atomic E-state index is 0.0689. The van der Waals surface area contributed by atoms with Gasteiger partial charge in [-0.2, -0.15) is 5.26 Å². The largest absolute Gasteiger partial charge is 0.312 e. The maximum Gasteiger partial charge on any atom is 0.210 e. The van der Waals surface area contributed by atoms with Crippen LogP contribution in [0.2, 0.25) is 0 Å². The van der Waals surface area contributed by atoms with E-state index < -0.39 is 0 Å². The molecule has 2 heterocycles. The third-order valence-electron chi connectivity index (χ3n) is 4.60. The molecule has 130 valence electrons. The van der Waals surface area contributed by atoms with Crippen LogP contribution >= 0.6 is 15.9 Å². The van der Waals surface area contributed by atoms with Gasteiger partial charge in [-0.3, -0.25) is 4.79 Å². The van der Waals surface area contributed by atoms with Gasteiger partial charge in [0, 0.05) is 17.3 Å². The number of pyridine rings is 1. The van der Waals surface area contributed by atoms with Crippen molar-refractivity contribution in [2.45, 2.75) is 6.92 Å². The molecule has 0 N–H and O–H groups in total. The summed E-state index contributed by atoms with van der Waals surface area (Å²) >= 11 is 3.67. The van der Waals surface area contributed by atoms with Crippen LogP contribution in [-0.2, 0) is 0 Å². The summed E-state index contributed by atoms with van der Waals surface area (Å²) < 4.78 is 2.59. The number of carbonyl (C=O) groups excluding carboxylic acids is 1. The second-order valence-electron chi connectivity index (χ2n) is 6.38. The maximum atomic E-state index is 13.2. The molecule has 4 rings (SSSR count). The lowest BCUT2D eigenvalue weighted by Crippen LogP contribution is -2.05. The number of nitriles is 1. The van der Waals surface area contributed by atoms with Crippen molar-refractivity contribution in [3.05, 3.63) is 99.8 Å². The number of hydrogen-bond acceptors (Lipinski definition) is 2. The van der Waals surface area contributed by atoms with Gasteiger partial charge in [-0.05, 0) is 40.5 Å². The van der Waals surface area contributed by atoms with Crippen LogP contribution in [0, 0.1) is 18.3 Å². The van der Waals surface area contributed by atoms with E-state index in [1.165, 1.54) is 0 Å². The summed E-state index contributed by atoms with van der Waals surface area (Å²) in [6.07, 6.45) is 1.78.